The summed E-state index contributed by atoms with van der Waals surface area (Å²) in [5.74, 6) is -0.186. The maximum Gasteiger partial charge on any atom is 0.240 e. The Kier molecular flexibility index (Phi) is 4.12. The van der Waals surface area contributed by atoms with E-state index in [4.69, 9.17) is 4.84 Å². The lowest BCUT2D eigenvalue weighted by Gasteiger charge is -2.00. The van der Waals surface area contributed by atoms with E-state index in [0.717, 1.165) is 18.5 Å². The standard InChI is InChI=1S/C9H15N3O2/c1-3-12-7-9(6-10-12)4-5-14-11-8(2)13/h6-7H,3-5H2,1-2H3,(H,11,13). The summed E-state index contributed by atoms with van der Waals surface area (Å²) < 4.78 is 1.85. The zero-order valence-electron chi connectivity index (χ0n) is 8.49. The van der Waals surface area contributed by atoms with Crippen molar-refractivity contribution in [1.29, 1.82) is 0 Å². The summed E-state index contributed by atoms with van der Waals surface area (Å²) in [6.45, 7) is 4.78. The quantitative estimate of drug-likeness (QED) is 0.553. The molecule has 0 fully saturated rings. The molecule has 0 aliphatic carbocycles. The first kappa shape index (κ1) is 10.7. The van der Waals surface area contributed by atoms with Crippen molar-refractivity contribution in [2.24, 2.45) is 0 Å². The van der Waals surface area contributed by atoms with Crippen LogP contribution in [0, 0.1) is 0 Å². The first-order chi connectivity index (χ1) is 6.72. The van der Waals surface area contributed by atoms with E-state index in [2.05, 4.69) is 10.6 Å². The van der Waals surface area contributed by atoms with Gasteiger partial charge >= 0.3 is 0 Å². The van der Waals surface area contributed by atoms with Crippen LogP contribution < -0.4 is 5.48 Å². The molecule has 1 aromatic rings. The van der Waals surface area contributed by atoms with Crippen molar-refractivity contribution in [2.75, 3.05) is 6.61 Å². The third-order valence-electron chi connectivity index (χ3n) is 1.72. The number of hydrogen-bond donors (Lipinski definition) is 1. The van der Waals surface area contributed by atoms with Gasteiger partial charge in [-0.05, 0) is 12.5 Å². The van der Waals surface area contributed by atoms with Gasteiger partial charge in [-0.15, -0.1) is 0 Å². The Morgan fingerprint density at radius 1 is 1.71 bits per heavy atom. The lowest BCUT2D eigenvalue weighted by molar-refractivity contribution is -0.131. The van der Waals surface area contributed by atoms with E-state index in [1.54, 1.807) is 6.20 Å². The molecule has 5 heteroatoms. The van der Waals surface area contributed by atoms with Gasteiger partial charge in [-0.3, -0.25) is 14.3 Å². The number of rotatable bonds is 5. The number of hydroxylamine groups is 1. The van der Waals surface area contributed by atoms with Crippen LogP contribution in [0.5, 0.6) is 0 Å². The van der Waals surface area contributed by atoms with Gasteiger partial charge in [0.05, 0.1) is 12.8 Å². The average Bonchev–Trinajstić information content (AvgIpc) is 2.60. The van der Waals surface area contributed by atoms with Crippen molar-refractivity contribution in [2.45, 2.75) is 26.8 Å². The Labute approximate surface area is 83.0 Å². The van der Waals surface area contributed by atoms with E-state index in [1.807, 2.05) is 17.8 Å². The van der Waals surface area contributed by atoms with Gasteiger partial charge in [-0.1, -0.05) is 0 Å². The zero-order valence-corrected chi connectivity index (χ0v) is 8.49. The molecule has 0 saturated carbocycles. The predicted octanol–water partition coefficient (Wildman–Crippen LogP) is 0.513. The predicted molar refractivity (Wildman–Crippen MR) is 51.4 cm³/mol. The van der Waals surface area contributed by atoms with Crippen LogP contribution in [0.15, 0.2) is 12.4 Å². The van der Waals surface area contributed by atoms with Gasteiger partial charge in [0.2, 0.25) is 5.91 Å². The van der Waals surface area contributed by atoms with E-state index in [0.29, 0.717) is 6.61 Å². The minimum absolute atomic E-state index is 0.186. The van der Waals surface area contributed by atoms with E-state index < -0.39 is 0 Å². The molecule has 14 heavy (non-hydrogen) atoms. The fourth-order valence-corrected chi connectivity index (χ4v) is 1.03. The van der Waals surface area contributed by atoms with Crippen LogP contribution in [0.3, 0.4) is 0 Å². The van der Waals surface area contributed by atoms with Crippen molar-refractivity contribution in [3.63, 3.8) is 0 Å². The molecule has 0 bridgehead atoms. The molecule has 0 saturated heterocycles. The van der Waals surface area contributed by atoms with Crippen molar-refractivity contribution >= 4 is 5.91 Å². The monoisotopic (exact) mass is 197 g/mol. The second kappa shape index (κ2) is 5.39. The lowest BCUT2D eigenvalue weighted by atomic mass is 10.3. The van der Waals surface area contributed by atoms with Crippen LogP contribution in [0.1, 0.15) is 19.4 Å². The molecule has 1 amide bonds. The fraction of sp³-hybridized carbons (Fsp3) is 0.556. The summed E-state index contributed by atoms with van der Waals surface area (Å²) in [7, 11) is 0. The number of carbonyl (C=O) groups excluding carboxylic acids is 1. The summed E-state index contributed by atoms with van der Waals surface area (Å²) in [6.07, 6.45) is 4.53. The topological polar surface area (TPSA) is 56.1 Å². The number of carbonyl (C=O) groups is 1. The Hall–Kier alpha value is -1.36. The minimum Gasteiger partial charge on any atom is -0.273 e. The van der Waals surface area contributed by atoms with Gasteiger partial charge in [0.15, 0.2) is 0 Å². The molecule has 1 heterocycles. The lowest BCUT2D eigenvalue weighted by Crippen LogP contribution is -2.21. The molecule has 1 rings (SSSR count). The smallest absolute Gasteiger partial charge is 0.240 e. The summed E-state index contributed by atoms with van der Waals surface area (Å²) in [5, 5.41) is 4.12. The maximum absolute atomic E-state index is 10.5. The van der Waals surface area contributed by atoms with Gasteiger partial charge in [0, 0.05) is 26.1 Å². The highest BCUT2D eigenvalue weighted by Gasteiger charge is 1.97. The molecule has 0 aliphatic heterocycles. The average molecular weight is 197 g/mol. The number of nitrogens with zero attached hydrogens (tertiary/aromatic N) is 2. The normalized spacial score (nSPS) is 10.1. The zero-order chi connectivity index (χ0) is 10.4. The second-order valence-electron chi connectivity index (χ2n) is 2.96. The number of amides is 1. The van der Waals surface area contributed by atoms with Crippen LogP contribution in [0.25, 0.3) is 0 Å². The number of aryl methyl sites for hydroxylation is 1. The van der Waals surface area contributed by atoms with E-state index in [9.17, 15) is 4.79 Å². The molecule has 0 aromatic carbocycles. The maximum atomic E-state index is 10.5. The fourth-order valence-electron chi connectivity index (χ4n) is 1.03. The van der Waals surface area contributed by atoms with Crippen molar-refractivity contribution in [3.05, 3.63) is 18.0 Å². The Morgan fingerprint density at radius 2 is 2.50 bits per heavy atom. The third-order valence-corrected chi connectivity index (χ3v) is 1.72. The van der Waals surface area contributed by atoms with Gasteiger partial charge in [-0.2, -0.15) is 5.10 Å². The van der Waals surface area contributed by atoms with Gasteiger partial charge in [0.25, 0.3) is 0 Å². The van der Waals surface area contributed by atoms with Gasteiger partial charge in [0.1, 0.15) is 0 Å². The molecule has 1 aromatic heterocycles. The van der Waals surface area contributed by atoms with Crippen LogP contribution in [-0.4, -0.2) is 22.3 Å². The van der Waals surface area contributed by atoms with Crippen LogP contribution in [0.2, 0.25) is 0 Å². The van der Waals surface area contributed by atoms with E-state index in [-0.39, 0.29) is 5.91 Å². The van der Waals surface area contributed by atoms with Crippen LogP contribution >= 0.6 is 0 Å². The second-order valence-corrected chi connectivity index (χ2v) is 2.96. The first-order valence-electron chi connectivity index (χ1n) is 4.62. The molecule has 5 nitrogen and oxygen atoms in total. The summed E-state index contributed by atoms with van der Waals surface area (Å²) in [5.41, 5.74) is 3.38. The Balaban J connectivity index is 2.21. The highest BCUT2D eigenvalue weighted by molar-refractivity contribution is 5.71. The molecule has 0 atom stereocenters. The Bertz CT molecular complexity index is 296. The van der Waals surface area contributed by atoms with Crippen molar-refractivity contribution in [3.8, 4) is 0 Å². The Morgan fingerprint density at radius 3 is 3.07 bits per heavy atom. The highest BCUT2D eigenvalue weighted by Crippen LogP contribution is 1.98. The SMILES string of the molecule is CCn1cc(CCONC(C)=O)cn1. The molecule has 78 valence electrons. The summed E-state index contributed by atoms with van der Waals surface area (Å²) in [6, 6.07) is 0. The van der Waals surface area contributed by atoms with Gasteiger partial charge < -0.3 is 0 Å². The third kappa shape index (κ3) is 3.57. The number of aromatic nitrogens is 2. The molecular formula is C9H15N3O2. The minimum atomic E-state index is -0.186. The molecule has 0 aliphatic rings. The highest BCUT2D eigenvalue weighted by atomic mass is 16.6. The molecule has 0 unspecified atom stereocenters. The van der Waals surface area contributed by atoms with Crippen LogP contribution in [-0.2, 0) is 22.6 Å². The number of hydrogen-bond acceptors (Lipinski definition) is 3. The largest absolute Gasteiger partial charge is 0.273 e. The van der Waals surface area contributed by atoms with E-state index in [1.165, 1.54) is 6.92 Å². The van der Waals surface area contributed by atoms with E-state index >= 15 is 0 Å². The first-order valence-corrected chi connectivity index (χ1v) is 4.62. The van der Waals surface area contributed by atoms with Crippen molar-refractivity contribution in [1.82, 2.24) is 15.3 Å². The number of nitrogens with one attached hydrogen (secondary N) is 1. The summed E-state index contributed by atoms with van der Waals surface area (Å²) >= 11 is 0. The summed E-state index contributed by atoms with van der Waals surface area (Å²) in [4.78, 5) is 15.4. The molecular weight excluding hydrogens is 182 g/mol. The molecule has 1 N–H and O–H groups in total. The molecule has 0 radical (unpaired) electrons. The van der Waals surface area contributed by atoms with Crippen LogP contribution in [0.4, 0.5) is 0 Å². The molecule has 0 spiro atoms. The van der Waals surface area contributed by atoms with Gasteiger partial charge in [-0.25, -0.2) is 5.48 Å². The van der Waals surface area contributed by atoms with Crippen molar-refractivity contribution < 1.29 is 9.63 Å².